The van der Waals surface area contributed by atoms with Crippen molar-refractivity contribution in [1.29, 1.82) is 0 Å². The lowest BCUT2D eigenvalue weighted by Crippen LogP contribution is -2.48. The minimum Gasteiger partial charge on any atom is -0.497 e. The smallest absolute Gasteiger partial charge is 0.240 e. The second kappa shape index (κ2) is 7.15. The van der Waals surface area contributed by atoms with Gasteiger partial charge >= 0.3 is 0 Å². The fourth-order valence-electron chi connectivity index (χ4n) is 5.24. The number of ketones is 2. The molecule has 4 unspecified atom stereocenters. The van der Waals surface area contributed by atoms with Crippen molar-refractivity contribution in [3.63, 3.8) is 0 Å². The van der Waals surface area contributed by atoms with Crippen LogP contribution in [0.2, 0.25) is 0 Å². The predicted molar refractivity (Wildman–Crippen MR) is 119 cm³/mol. The van der Waals surface area contributed by atoms with Gasteiger partial charge in [0.1, 0.15) is 11.8 Å². The molecule has 2 fully saturated rings. The number of carbonyl (C=O) groups excluding carboxylic acids is 4. The molecule has 3 aliphatic heterocycles. The Hall–Kier alpha value is -3.74. The number of anilines is 2. The van der Waals surface area contributed by atoms with Gasteiger partial charge in [-0.05, 0) is 56.3 Å². The Kier molecular flexibility index (Phi) is 4.51. The maximum absolute atomic E-state index is 13.5. The summed E-state index contributed by atoms with van der Waals surface area (Å²) in [5.74, 6) is -1.69. The van der Waals surface area contributed by atoms with Crippen LogP contribution in [0.25, 0.3) is 6.08 Å². The molecule has 2 amide bonds. The van der Waals surface area contributed by atoms with Gasteiger partial charge in [-0.15, -0.1) is 0 Å². The fraction of sp³-hybridized carbons (Fsp3) is 0.280. The van der Waals surface area contributed by atoms with Gasteiger partial charge in [0.15, 0.2) is 11.6 Å². The van der Waals surface area contributed by atoms with Crippen LogP contribution in [0.1, 0.15) is 29.8 Å². The van der Waals surface area contributed by atoms with Crippen molar-refractivity contribution < 1.29 is 23.9 Å². The molecule has 0 aromatic heterocycles. The third-order valence-electron chi connectivity index (χ3n) is 6.66. The lowest BCUT2D eigenvalue weighted by Gasteiger charge is -2.36. The van der Waals surface area contributed by atoms with E-state index in [0.29, 0.717) is 17.0 Å². The number of imide groups is 1. The van der Waals surface area contributed by atoms with Crippen molar-refractivity contribution in [3.8, 4) is 5.75 Å². The van der Waals surface area contributed by atoms with Crippen LogP contribution < -0.4 is 14.5 Å². The molecule has 2 aromatic carbocycles. The van der Waals surface area contributed by atoms with E-state index in [1.807, 2.05) is 35.3 Å². The molecule has 7 nitrogen and oxygen atoms in total. The maximum atomic E-state index is 13.5. The Labute approximate surface area is 185 Å². The Bertz CT molecular complexity index is 1200. The summed E-state index contributed by atoms with van der Waals surface area (Å²) >= 11 is 0. The number of carbonyl (C=O) groups is 4. The zero-order valence-electron chi connectivity index (χ0n) is 17.9. The van der Waals surface area contributed by atoms with Gasteiger partial charge in [-0.1, -0.05) is 12.2 Å². The van der Waals surface area contributed by atoms with E-state index in [0.717, 1.165) is 11.3 Å². The first-order valence-electron chi connectivity index (χ1n) is 10.5. The number of Topliss-reactive ketones (excluding diaryl/α,β-unsaturated/α-hetero) is 2. The normalized spacial score (nSPS) is 25.5. The quantitative estimate of drug-likeness (QED) is 0.548. The van der Waals surface area contributed by atoms with Gasteiger partial charge in [0, 0.05) is 16.8 Å². The van der Waals surface area contributed by atoms with E-state index in [9.17, 15) is 19.2 Å². The van der Waals surface area contributed by atoms with Gasteiger partial charge in [0.25, 0.3) is 0 Å². The van der Waals surface area contributed by atoms with Gasteiger partial charge in [-0.25, -0.2) is 4.90 Å². The van der Waals surface area contributed by atoms with Crippen molar-refractivity contribution in [2.24, 2.45) is 11.8 Å². The van der Waals surface area contributed by atoms with E-state index >= 15 is 0 Å². The minimum atomic E-state index is -0.768. The number of amides is 2. The van der Waals surface area contributed by atoms with Crippen molar-refractivity contribution in [2.75, 3.05) is 16.9 Å². The molecule has 2 saturated heterocycles. The van der Waals surface area contributed by atoms with Crippen LogP contribution in [0.15, 0.2) is 48.5 Å². The molecule has 3 heterocycles. The molecule has 0 aliphatic carbocycles. The molecule has 162 valence electrons. The Morgan fingerprint density at radius 2 is 1.62 bits per heavy atom. The number of rotatable bonds is 4. The first kappa shape index (κ1) is 20.2. The molecule has 0 bridgehead atoms. The molecule has 7 heteroatoms. The summed E-state index contributed by atoms with van der Waals surface area (Å²) < 4.78 is 5.31. The molecule has 0 spiro atoms. The predicted octanol–water partition coefficient (Wildman–Crippen LogP) is 2.88. The SMILES string of the molecule is COc1ccc2c(c1)C=CC1C3C(=O)N(c4ccc(C(C)=O)cc4)C(=O)C3C(C(C)=O)N21. The number of nitrogens with zero attached hydrogens (tertiary/aromatic N) is 2. The van der Waals surface area contributed by atoms with Crippen LogP contribution >= 0.6 is 0 Å². The van der Waals surface area contributed by atoms with E-state index in [4.69, 9.17) is 4.74 Å². The average Bonchev–Trinajstić information content (AvgIpc) is 3.26. The lowest BCUT2D eigenvalue weighted by molar-refractivity contribution is -0.126. The van der Waals surface area contributed by atoms with Crippen LogP contribution in [0.4, 0.5) is 11.4 Å². The maximum Gasteiger partial charge on any atom is 0.240 e. The second-order valence-corrected chi connectivity index (χ2v) is 8.40. The number of hydrogen-bond donors (Lipinski definition) is 0. The minimum absolute atomic E-state index is 0.0950. The number of fused-ring (bicyclic) bond motifs is 5. The summed E-state index contributed by atoms with van der Waals surface area (Å²) in [6.07, 6.45) is 3.82. The summed E-state index contributed by atoms with van der Waals surface area (Å²) in [6, 6.07) is 10.8. The summed E-state index contributed by atoms with van der Waals surface area (Å²) in [6.45, 7) is 2.92. The second-order valence-electron chi connectivity index (χ2n) is 8.40. The van der Waals surface area contributed by atoms with E-state index < -0.39 is 23.9 Å². The Morgan fingerprint density at radius 1 is 0.938 bits per heavy atom. The largest absolute Gasteiger partial charge is 0.497 e. The molecular formula is C25H22N2O5. The third kappa shape index (κ3) is 2.74. The zero-order chi connectivity index (χ0) is 22.7. The summed E-state index contributed by atoms with van der Waals surface area (Å²) in [4.78, 5) is 54.4. The summed E-state index contributed by atoms with van der Waals surface area (Å²) in [5, 5.41) is 0. The number of benzene rings is 2. The van der Waals surface area contributed by atoms with Crippen LogP contribution in [0.3, 0.4) is 0 Å². The Balaban J connectivity index is 1.57. The molecule has 32 heavy (non-hydrogen) atoms. The highest BCUT2D eigenvalue weighted by atomic mass is 16.5. The molecule has 5 rings (SSSR count). The van der Waals surface area contributed by atoms with Crippen molar-refractivity contribution >= 4 is 40.8 Å². The van der Waals surface area contributed by atoms with Gasteiger partial charge in [0.05, 0.1) is 30.7 Å². The summed E-state index contributed by atoms with van der Waals surface area (Å²) in [5.41, 5.74) is 2.61. The van der Waals surface area contributed by atoms with E-state index in [-0.39, 0.29) is 23.4 Å². The molecule has 4 atom stereocenters. The molecule has 0 saturated carbocycles. The Morgan fingerprint density at radius 3 is 2.25 bits per heavy atom. The lowest BCUT2D eigenvalue weighted by atomic mass is 9.88. The van der Waals surface area contributed by atoms with E-state index in [1.165, 1.54) is 18.7 Å². The molecular weight excluding hydrogens is 408 g/mol. The highest BCUT2D eigenvalue weighted by molar-refractivity contribution is 6.24. The first-order valence-corrected chi connectivity index (χ1v) is 10.5. The number of methoxy groups -OCH3 is 1. The van der Waals surface area contributed by atoms with Crippen LogP contribution in [-0.2, 0) is 14.4 Å². The topological polar surface area (TPSA) is 84.0 Å². The van der Waals surface area contributed by atoms with Crippen LogP contribution in [0, 0.1) is 11.8 Å². The van der Waals surface area contributed by atoms with Crippen LogP contribution in [-0.4, -0.2) is 42.6 Å². The molecule has 3 aliphatic rings. The molecule has 0 N–H and O–H groups in total. The van der Waals surface area contributed by atoms with Crippen molar-refractivity contribution in [1.82, 2.24) is 0 Å². The molecule has 2 aromatic rings. The fourth-order valence-corrected chi connectivity index (χ4v) is 5.24. The van der Waals surface area contributed by atoms with E-state index in [2.05, 4.69) is 0 Å². The monoisotopic (exact) mass is 430 g/mol. The summed E-state index contributed by atoms with van der Waals surface area (Å²) in [7, 11) is 1.59. The molecule has 0 radical (unpaired) electrons. The van der Waals surface area contributed by atoms with Crippen LogP contribution in [0.5, 0.6) is 5.75 Å². The standard InChI is InChI=1S/C25H22N2O5/c1-13(28)15-4-7-17(8-5-15)26-24(30)21-20-10-6-16-12-18(32-3)9-11-19(16)27(20)23(14(2)29)22(21)25(26)31/h4-12,20-23H,1-3H3. The van der Waals surface area contributed by atoms with Gasteiger partial charge < -0.3 is 9.64 Å². The zero-order valence-corrected chi connectivity index (χ0v) is 17.9. The van der Waals surface area contributed by atoms with Crippen molar-refractivity contribution in [2.45, 2.75) is 25.9 Å². The number of hydrogen-bond acceptors (Lipinski definition) is 6. The van der Waals surface area contributed by atoms with Crippen molar-refractivity contribution in [3.05, 3.63) is 59.7 Å². The highest BCUT2D eigenvalue weighted by Crippen LogP contribution is 2.49. The number of ether oxygens (including phenoxy) is 1. The highest BCUT2D eigenvalue weighted by Gasteiger charge is 2.63. The van der Waals surface area contributed by atoms with Gasteiger partial charge in [-0.3, -0.25) is 19.2 Å². The van der Waals surface area contributed by atoms with Gasteiger partial charge in [0.2, 0.25) is 11.8 Å². The first-order chi connectivity index (χ1) is 15.3. The van der Waals surface area contributed by atoms with Gasteiger partial charge in [-0.2, -0.15) is 0 Å². The third-order valence-corrected chi connectivity index (χ3v) is 6.66. The van der Waals surface area contributed by atoms with E-state index in [1.54, 1.807) is 31.4 Å². The average molecular weight is 430 g/mol.